The van der Waals surface area contributed by atoms with Gasteiger partial charge in [0.25, 0.3) is 0 Å². The summed E-state index contributed by atoms with van der Waals surface area (Å²) in [7, 11) is 0. The number of carbonyl (C=O) groups excluding carboxylic acids is 3. The summed E-state index contributed by atoms with van der Waals surface area (Å²) in [5.74, 6) is -0.929. The fourth-order valence-corrected chi connectivity index (χ4v) is 9.95. The number of carbonyl (C=O) groups is 3. The van der Waals surface area contributed by atoms with Gasteiger partial charge < -0.3 is 14.2 Å². The molecular weight excluding hydrogens is 949 g/mol. The Kier molecular flexibility index (Phi) is 63.2. The summed E-state index contributed by atoms with van der Waals surface area (Å²) in [6.45, 7) is 6.49. The molecule has 0 heterocycles. The van der Waals surface area contributed by atoms with Crippen LogP contribution < -0.4 is 0 Å². The molecule has 0 fully saturated rings. The molecule has 448 valence electrons. The van der Waals surface area contributed by atoms with Crippen molar-refractivity contribution in [1.29, 1.82) is 0 Å². The molecule has 0 aromatic carbocycles. The van der Waals surface area contributed by atoms with E-state index >= 15 is 0 Å². The minimum Gasteiger partial charge on any atom is -0.462 e. The SMILES string of the molecule is CC/C=C\C/C=C\C/C=C\C/C=C\CCCCC(=O)OC(COC(=O)CCCCCCC/C=C\CCCC)COC(=O)CCCCCCCCCCCCCCCCCCCCCCCCCCCCCCCCCCC. The van der Waals surface area contributed by atoms with Gasteiger partial charge in [-0.25, -0.2) is 0 Å². The maximum absolute atomic E-state index is 12.8. The van der Waals surface area contributed by atoms with Crippen LogP contribution in [0.3, 0.4) is 0 Å². The number of hydrogen-bond donors (Lipinski definition) is 0. The maximum Gasteiger partial charge on any atom is 0.306 e. The highest BCUT2D eigenvalue weighted by Crippen LogP contribution is 2.18. The molecule has 1 unspecified atom stereocenters. The minimum atomic E-state index is -0.798. The molecule has 0 aromatic heterocycles. The molecule has 0 N–H and O–H groups in total. The van der Waals surface area contributed by atoms with Gasteiger partial charge in [0.05, 0.1) is 0 Å². The summed E-state index contributed by atoms with van der Waals surface area (Å²) >= 11 is 0. The van der Waals surface area contributed by atoms with Crippen LogP contribution in [0.2, 0.25) is 0 Å². The number of rotatable bonds is 62. The van der Waals surface area contributed by atoms with Crippen LogP contribution in [0.4, 0.5) is 0 Å². The summed E-state index contributed by atoms with van der Waals surface area (Å²) in [5.41, 5.74) is 0. The highest BCUT2D eigenvalue weighted by atomic mass is 16.6. The van der Waals surface area contributed by atoms with Crippen molar-refractivity contribution < 1.29 is 28.6 Å². The summed E-state index contributed by atoms with van der Waals surface area (Å²) in [5, 5.41) is 0. The van der Waals surface area contributed by atoms with Crippen LogP contribution in [0.25, 0.3) is 0 Å². The number of ether oxygens (including phenoxy) is 3. The average Bonchev–Trinajstić information content (AvgIpc) is 3.43. The van der Waals surface area contributed by atoms with Crippen molar-refractivity contribution in [2.45, 2.75) is 361 Å². The van der Waals surface area contributed by atoms with Gasteiger partial charge >= 0.3 is 17.9 Å². The lowest BCUT2D eigenvalue weighted by Gasteiger charge is -2.18. The van der Waals surface area contributed by atoms with Gasteiger partial charge in [-0.15, -0.1) is 0 Å². The summed E-state index contributed by atoms with van der Waals surface area (Å²) < 4.78 is 16.8. The smallest absolute Gasteiger partial charge is 0.306 e. The second-order valence-corrected chi connectivity index (χ2v) is 22.7. The summed E-state index contributed by atoms with van der Waals surface area (Å²) in [6, 6.07) is 0. The van der Waals surface area contributed by atoms with E-state index in [1.807, 2.05) is 0 Å². The topological polar surface area (TPSA) is 78.9 Å². The first-order chi connectivity index (χ1) is 38.0. The van der Waals surface area contributed by atoms with Crippen molar-refractivity contribution in [3.63, 3.8) is 0 Å². The molecule has 77 heavy (non-hydrogen) atoms. The number of hydrogen-bond acceptors (Lipinski definition) is 6. The zero-order valence-corrected chi connectivity index (χ0v) is 51.5. The molecule has 6 nitrogen and oxygen atoms in total. The number of esters is 3. The average molecular weight is 1080 g/mol. The van der Waals surface area contributed by atoms with Gasteiger partial charge in [-0.2, -0.15) is 0 Å². The third-order valence-electron chi connectivity index (χ3n) is 15.0. The van der Waals surface area contributed by atoms with Crippen LogP contribution in [-0.4, -0.2) is 37.2 Å². The molecule has 6 heteroatoms. The van der Waals surface area contributed by atoms with E-state index in [9.17, 15) is 14.4 Å². The Morgan fingerprint density at radius 1 is 0.273 bits per heavy atom. The van der Waals surface area contributed by atoms with E-state index in [4.69, 9.17) is 14.2 Å². The Labute approximate surface area is 479 Å². The third-order valence-corrected chi connectivity index (χ3v) is 15.0. The zero-order valence-electron chi connectivity index (χ0n) is 51.5. The van der Waals surface area contributed by atoms with E-state index in [1.54, 1.807) is 0 Å². The predicted octanol–water partition coefficient (Wildman–Crippen LogP) is 23.1. The van der Waals surface area contributed by atoms with E-state index in [2.05, 4.69) is 81.5 Å². The normalized spacial score (nSPS) is 12.4. The summed E-state index contributed by atoms with van der Waals surface area (Å²) in [6.07, 6.45) is 84.3. The Morgan fingerprint density at radius 2 is 0.519 bits per heavy atom. The van der Waals surface area contributed by atoms with Crippen LogP contribution in [0.15, 0.2) is 60.8 Å². The number of unbranched alkanes of at least 4 members (excludes halogenated alkanes) is 41. The van der Waals surface area contributed by atoms with E-state index in [1.165, 1.54) is 225 Å². The lowest BCUT2D eigenvalue weighted by atomic mass is 10.0. The van der Waals surface area contributed by atoms with Gasteiger partial charge in [0.2, 0.25) is 0 Å². The molecule has 0 radical (unpaired) electrons. The van der Waals surface area contributed by atoms with Crippen molar-refractivity contribution in [3.8, 4) is 0 Å². The largest absolute Gasteiger partial charge is 0.462 e. The van der Waals surface area contributed by atoms with Crippen LogP contribution in [0.1, 0.15) is 355 Å². The molecule has 0 aromatic rings. The van der Waals surface area contributed by atoms with Gasteiger partial charge in [-0.3, -0.25) is 14.4 Å². The molecule has 0 spiro atoms. The Hall–Kier alpha value is -2.89. The molecule has 0 aliphatic rings. The molecular formula is C71H128O6. The van der Waals surface area contributed by atoms with Crippen molar-refractivity contribution in [3.05, 3.63) is 60.8 Å². The van der Waals surface area contributed by atoms with Crippen LogP contribution in [0.5, 0.6) is 0 Å². The second-order valence-electron chi connectivity index (χ2n) is 22.7. The Bertz CT molecular complexity index is 1380. The Balaban J connectivity index is 4.07. The molecule has 0 rings (SSSR count). The lowest BCUT2D eigenvalue weighted by Crippen LogP contribution is -2.30. The van der Waals surface area contributed by atoms with Gasteiger partial charge in [0, 0.05) is 19.3 Å². The molecule has 0 amide bonds. The molecule has 1 atom stereocenters. The zero-order chi connectivity index (χ0) is 55.7. The van der Waals surface area contributed by atoms with E-state index in [0.29, 0.717) is 19.3 Å². The predicted molar refractivity (Wildman–Crippen MR) is 335 cm³/mol. The minimum absolute atomic E-state index is 0.0909. The van der Waals surface area contributed by atoms with Crippen LogP contribution in [0, 0.1) is 0 Å². The second kappa shape index (κ2) is 65.6. The quantitative estimate of drug-likeness (QED) is 0.0261. The fourth-order valence-electron chi connectivity index (χ4n) is 9.95. The number of allylic oxidation sites excluding steroid dienone is 10. The molecule has 0 aliphatic heterocycles. The first-order valence-electron chi connectivity index (χ1n) is 33.8. The van der Waals surface area contributed by atoms with Gasteiger partial charge in [-0.1, -0.05) is 319 Å². The van der Waals surface area contributed by atoms with Crippen molar-refractivity contribution in [2.75, 3.05) is 13.2 Å². The van der Waals surface area contributed by atoms with E-state index in [-0.39, 0.29) is 37.5 Å². The first kappa shape index (κ1) is 74.1. The van der Waals surface area contributed by atoms with Crippen molar-refractivity contribution >= 4 is 17.9 Å². The molecule has 0 bridgehead atoms. The standard InChI is InChI=1S/C71H128O6/c1-4-7-10-13-16-19-22-24-26-27-28-29-30-31-32-33-34-35-36-37-38-39-40-41-42-43-45-46-49-52-55-58-61-64-70(73)76-67-68(66-75-69(72)63-60-57-54-51-48-21-18-15-12-9-6-3)77-71(74)65-62-59-56-53-50-47-44-25-23-20-17-14-11-8-5-2/h8,11,15,17-18,20,25,44,50,53,68H,4-7,9-10,12-14,16,19,21-24,26-43,45-49,51-52,54-67H2,1-3H3/b11-8-,18-15-,20-17-,44-25-,53-50-. The van der Waals surface area contributed by atoms with Crippen molar-refractivity contribution in [2.24, 2.45) is 0 Å². The highest BCUT2D eigenvalue weighted by Gasteiger charge is 2.19. The van der Waals surface area contributed by atoms with Gasteiger partial charge in [-0.05, 0) is 77.0 Å². The highest BCUT2D eigenvalue weighted by molar-refractivity contribution is 5.71. The van der Waals surface area contributed by atoms with Gasteiger partial charge in [0.1, 0.15) is 13.2 Å². The molecule has 0 saturated heterocycles. The van der Waals surface area contributed by atoms with Crippen molar-refractivity contribution in [1.82, 2.24) is 0 Å². The van der Waals surface area contributed by atoms with Crippen LogP contribution >= 0.6 is 0 Å². The van der Waals surface area contributed by atoms with E-state index in [0.717, 1.165) is 83.5 Å². The Morgan fingerprint density at radius 3 is 0.870 bits per heavy atom. The molecule has 0 aliphatic carbocycles. The summed E-state index contributed by atoms with van der Waals surface area (Å²) in [4.78, 5) is 38.2. The third kappa shape index (κ3) is 63.8. The maximum atomic E-state index is 12.8. The molecule has 0 saturated carbocycles. The lowest BCUT2D eigenvalue weighted by molar-refractivity contribution is -0.167. The fraction of sp³-hybridized carbons (Fsp3) is 0.817. The van der Waals surface area contributed by atoms with Gasteiger partial charge in [0.15, 0.2) is 6.10 Å². The van der Waals surface area contributed by atoms with E-state index < -0.39 is 6.10 Å². The first-order valence-corrected chi connectivity index (χ1v) is 33.8. The van der Waals surface area contributed by atoms with Crippen LogP contribution in [-0.2, 0) is 28.6 Å². The monoisotopic (exact) mass is 1080 g/mol.